The molecule has 0 unspecified atom stereocenters. The topological polar surface area (TPSA) is 179 Å². The molecule has 1 aliphatic rings. The third kappa shape index (κ3) is 11.1. The molecule has 0 radical (unpaired) electrons. The van der Waals surface area contributed by atoms with Crippen LogP contribution in [0.25, 0.3) is 0 Å². The third-order valence-electron chi connectivity index (χ3n) is 5.23. The van der Waals surface area contributed by atoms with E-state index in [0.717, 1.165) is 0 Å². The normalized spacial score (nSPS) is 19.4. The van der Waals surface area contributed by atoms with Crippen LogP contribution >= 0.6 is 0 Å². The molecule has 1 heterocycles. The Labute approximate surface area is 185 Å². The Morgan fingerprint density at radius 1 is 0.656 bits per heavy atom. The van der Waals surface area contributed by atoms with E-state index in [1.807, 2.05) is 0 Å². The van der Waals surface area contributed by atoms with Crippen LogP contribution < -0.4 is 0 Å². The highest BCUT2D eigenvalue weighted by Gasteiger charge is 2.27. The van der Waals surface area contributed by atoms with Gasteiger partial charge in [-0.05, 0) is 6.42 Å². The van der Waals surface area contributed by atoms with Crippen LogP contribution in [0.2, 0.25) is 0 Å². The summed E-state index contributed by atoms with van der Waals surface area (Å²) in [5.74, 6) is -4.27. The van der Waals surface area contributed by atoms with E-state index in [-0.39, 0.29) is 84.8 Å². The highest BCUT2D eigenvalue weighted by Crippen LogP contribution is 2.09. The van der Waals surface area contributed by atoms with E-state index in [4.69, 9.17) is 5.11 Å². The molecule has 0 spiro atoms. The van der Waals surface area contributed by atoms with E-state index in [2.05, 4.69) is 0 Å². The summed E-state index contributed by atoms with van der Waals surface area (Å²) in [6, 6.07) is -0.968. The molecule has 4 N–H and O–H groups in total. The fraction of sp³-hybridized carbons (Fsp3) is 0.737. The number of aliphatic carboxylic acids is 4. The van der Waals surface area contributed by atoms with E-state index < -0.39 is 29.9 Å². The van der Waals surface area contributed by atoms with Gasteiger partial charge in [0, 0.05) is 58.8 Å². The van der Waals surface area contributed by atoms with Crippen LogP contribution in [0.4, 0.5) is 0 Å². The minimum absolute atomic E-state index is 0.0509. The molecule has 1 rings (SSSR count). The molecule has 1 aliphatic heterocycles. The van der Waals surface area contributed by atoms with Crippen molar-refractivity contribution in [3.63, 3.8) is 0 Å². The van der Waals surface area contributed by atoms with Crippen LogP contribution in [0.5, 0.6) is 0 Å². The van der Waals surface area contributed by atoms with E-state index in [9.17, 15) is 39.3 Å². The maximum atomic E-state index is 11.8. The first-order valence-electron chi connectivity index (χ1n) is 10.3. The summed E-state index contributed by atoms with van der Waals surface area (Å²) in [4.78, 5) is 62.7. The number of carboxylic acid groups (broad SMARTS) is 4. The van der Waals surface area contributed by atoms with Gasteiger partial charge in [-0.2, -0.15) is 0 Å². The summed E-state index contributed by atoms with van der Waals surface area (Å²) in [7, 11) is 0. The molecule has 0 aliphatic carbocycles. The van der Waals surface area contributed by atoms with Gasteiger partial charge in [-0.25, -0.2) is 0 Å². The van der Waals surface area contributed by atoms with Crippen LogP contribution in [0.1, 0.15) is 12.8 Å². The molecule has 13 nitrogen and oxygen atoms in total. The molecule has 182 valence electrons. The van der Waals surface area contributed by atoms with Crippen molar-refractivity contribution >= 4 is 30.2 Å². The standard InChI is InChI=1S/C19H32N4O9/c24-11-1-2-15(19(31)32)23-9-7-21(13-17(27)28)5-3-20(12-16(25)26)4-6-22(8-10-23)14-18(29)30/h11,15H,1-10,12-14H2,(H,25,26)(H,27,28)(H,29,30)(H,31,32)/t15-/m1/s1. The summed E-state index contributed by atoms with van der Waals surface area (Å²) in [6.45, 7) is 1.01. The lowest BCUT2D eigenvalue weighted by atomic mass is 10.1. The van der Waals surface area contributed by atoms with Gasteiger partial charge >= 0.3 is 23.9 Å². The number of carbonyl (C=O) groups is 5. The molecular formula is C19H32N4O9. The molecule has 1 saturated heterocycles. The minimum atomic E-state index is -1.11. The van der Waals surface area contributed by atoms with E-state index in [1.165, 1.54) is 0 Å². The summed E-state index contributed by atoms with van der Waals surface area (Å²) >= 11 is 0. The first-order chi connectivity index (χ1) is 15.1. The van der Waals surface area contributed by atoms with Crippen molar-refractivity contribution in [3.8, 4) is 0 Å². The van der Waals surface area contributed by atoms with Crippen molar-refractivity contribution in [1.29, 1.82) is 0 Å². The highest BCUT2D eigenvalue weighted by atomic mass is 16.4. The Balaban J connectivity index is 3.09. The van der Waals surface area contributed by atoms with Gasteiger partial charge in [-0.15, -0.1) is 0 Å². The van der Waals surface area contributed by atoms with Crippen LogP contribution in [0.15, 0.2) is 0 Å². The van der Waals surface area contributed by atoms with E-state index in [1.54, 1.807) is 19.6 Å². The molecule has 0 aromatic rings. The van der Waals surface area contributed by atoms with Crippen molar-refractivity contribution in [2.24, 2.45) is 0 Å². The Kier molecular flexibility index (Phi) is 12.4. The van der Waals surface area contributed by atoms with Crippen molar-refractivity contribution in [1.82, 2.24) is 19.6 Å². The van der Waals surface area contributed by atoms with Crippen LogP contribution in [0.3, 0.4) is 0 Å². The minimum Gasteiger partial charge on any atom is -0.480 e. The van der Waals surface area contributed by atoms with Gasteiger partial charge in [-0.1, -0.05) is 0 Å². The highest BCUT2D eigenvalue weighted by molar-refractivity contribution is 5.74. The number of carbonyl (C=O) groups excluding carboxylic acids is 1. The van der Waals surface area contributed by atoms with Gasteiger partial charge in [0.1, 0.15) is 12.3 Å². The monoisotopic (exact) mass is 460 g/mol. The molecule has 0 aromatic heterocycles. The maximum Gasteiger partial charge on any atom is 0.320 e. The molecule has 0 aromatic carbocycles. The Bertz CT molecular complexity index is 629. The van der Waals surface area contributed by atoms with E-state index in [0.29, 0.717) is 6.29 Å². The summed E-state index contributed by atoms with van der Waals surface area (Å²) < 4.78 is 0. The zero-order chi connectivity index (χ0) is 24.1. The number of nitrogens with zero attached hydrogens (tertiary/aromatic N) is 4. The number of aldehydes is 1. The Morgan fingerprint density at radius 3 is 1.28 bits per heavy atom. The first kappa shape index (κ1) is 27.4. The van der Waals surface area contributed by atoms with Gasteiger partial charge in [0.15, 0.2) is 0 Å². The molecular weight excluding hydrogens is 428 g/mol. The van der Waals surface area contributed by atoms with Gasteiger partial charge in [0.2, 0.25) is 0 Å². The van der Waals surface area contributed by atoms with Crippen LogP contribution in [0, 0.1) is 0 Å². The average molecular weight is 460 g/mol. The largest absolute Gasteiger partial charge is 0.480 e. The van der Waals surface area contributed by atoms with Gasteiger partial charge in [0.05, 0.1) is 19.6 Å². The van der Waals surface area contributed by atoms with E-state index >= 15 is 0 Å². The van der Waals surface area contributed by atoms with Gasteiger partial charge in [-0.3, -0.25) is 38.8 Å². The molecule has 1 atom stereocenters. The lowest BCUT2D eigenvalue weighted by Gasteiger charge is -2.35. The van der Waals surface area contributed by atoms with Crippen molar-refractivity contribution < 1.29 is 44.4 Å². The molecule has 32 heavy (non-hydrogen) atoms. The predicted octanol–water partition coefficient (Wildman–Crippen LogP) is -2.11. The first-order valence-corrected chi connectivity index (χ1v) is 10.3. The molecule has 0 saturated carbocycles. The zero-order valence-electron chi connectivity index (χ0n) is 18.0. The second-order valence-electron chi connectivity index (χ2n) is 7.64. The molecule has 1 fully saturated rings. The average Bonchev–Trinajstić information content (AvgIpc) is 2.68. The SMILES string of the molecule is O=CCC[C@H](C(=O)O)N1CCN(CC(=O)O)CCN(CC(=O)O)CCN(CC(=O)O)CC1. The van der Waals surface area contributed by atoms with Crippen molar-refractivity contribution in [2.45, 2.75) is 18.9 Å². The summed E-state index contributed by atoms with van der Waals surface area (Å²) in [6.07, 6.45) is 0.773. The van der Waals surface area contributed by atoms with Crippen LogP contribution in [-0.4, -0.2) is 148 Å². The molecule has 0 amide bonds. The lowest BCUT2D eigenvalue weighted by molar-refractivity contribution is -0.145. The maximum absolute atomic E-state index is 11.8. The lowest BCUT2D eigenvalue weighted by Crippen LogP contribution is -2.51. The molecule has 0 bridgehead atoms. The zero-order valence-corrected chi connectivity index (χ0v) is 18.0. The van der Waals surface area contributed by atoms with Crippen LogP contribution in [-0.2, 0) is 24.0 Å². The third-order valence-corrected chi connectivity index (χ3v) is 5.23. The fourth-order valence-electron chi connectivity index (χ4n) is 3.60. The summed E-state index contributed by atoms with van der Waals surface area (Å²) in [5, 5.41) is 37.2. The number of hydrogen-bond donors (Lipinski definition) is 4. The Morgan fingerprint density at radius 2 is 1.00 bits per heavy atom. The number of hydrogen-bond acceptors (Lipinski definition) is 9. The quantitative estimate of drug-likeness (QED) is 0.246. The second-order valence-corrected chi connectivity index (χ2v) is 7.64. The second kappa shape index (κ2) is 14.5. The molecule has 13 heteroatoms. The Hall–Kier alpha value is -2.61. The smallest absolute Gasteiger partial charge is 0.320 e. The van der Waals surface area contributed by atoms with Crippen molar-refractivity contribution in [3.05, 3.63) is 0 Å². The fourth-order valence-corrected chi connectivity index (χ4v) is 3.60. The predicted molar refractivity (Wildman–Crippen MR) is 111 cm³/mol. The number of carboxylic acids is 4. The van der Waals surface area contributed by atoms with Gasteiger partial charge < -0.3 is 25.2 Å². The van der Waals surface area contributed by atoms with Crippen molar-refractivity contribution in [2.75, 3.05) is 72.0 Å². The number of rotatable bonds is 11. The van der Waals surface area contributed by atoms with Gasteiger partial charge in [0.25, 0.3) is 0 Å². The summed E-state index contributed by atoms with van der Waals surface area (Å²) in [5.41, 5.74) is 0.